The highest BCUT2D eigenvalue weighted by Gasteiger charge is 2.12. The number of carboxylic acids is 1. The number of hydrogen-bond acceptors (Lipinski definition) is 5. The van der Waals surface area contributed by atoms with Gasteiger partial charge in [0.05, 0.1) is 16.8 Å². The highest BCUT2D eigenvalue weighted by molar-refractivity contribution is 7.17. The highest BCUT2D eigenvalue weighted by Crippen LogP contribution is 2.29. The summed E-state index contributed by atoms with van der Waals surface area (Å²) in [5.41, 5.74) is 3.77. The summed E-state index contributed by atoms with van der Waals surface area (Å²) in [6.07, 6.45) is 1.99. The molecule has 0 atom stereocenters. The van der Waals surface area contributed by atoms with Crippen LogP contribution >= 0.6 is 22.9 Å². The molecule has 8 heteroatoms. The number of halogens is 2. The first-order valence-electron chi connectivity index (χ1n) is 9.63. The number of thiophene rings is 1. The molecular weight excluding hydrogens is 437 g/mol. The van der Waals surface area contributed by atoms with E-state index in [1.165, 1.54) is 17.7 Å². The molecule has 0 aliphatic rings. The Morgan fingerprint density at radius 2 is 2.06 bits per heavy atom. The van der Waals surface area contributed by atoms with E-state index in [0.717, 1.165) is 22.1 Å². The summed E-state index contributed by atoms with van der Waals surface area (Å²) in [5.74, 6) is -0.472. The molecule has 0 saturated carbocycles. The van der Waals surface area contributed by atoms with Crippen molar-refractivity contribution in [3.63, 3.8) is 0 Å². The zero-order valence-corrected chi connectivity index (χ0v) is 18.2. The fourth-order valence-corrected chi connectivity index (χ4v) is 4.60. The van der Waals surface area contributed by atoms with Crippen LogP contribution in [-0.4, -0.2) is 27.6 Å². The quantitative estimate of drug-likeness (QED) is 0.371. The number of aliphatic carboxylic acids is 1. The number of aromatic nitrogens is 2. The predicted octanol–water partition coefficient (Wildman–Crippen LogP) is 5.74. The van der Waals surface area contributed by atoms with Crippen LogP contribution < -0.4 is 5.32 Å². The van der Waals surface area contributed by atoms with Crippen LogP contribution in [0.25, 0.3) is 21.3 Å². The maximum absolute atomic E-state index is 14.2. The van der Waals surface area contributed by atoms with Gasteiger partial charge in [0, 0.05) is 23.2 Å². The molecule has 2 N–H and O–H groups in total. The van der Waals surface area contributed by atoms with Gasteiger partial charge < -0.3 is 10.4 Å². The molecule has 2 heterocycles. The van der Waals surface area contributed by atoms with Gasteiger partial charge in [0.2, 0.25) is 0 Å². The van der Waals surface area contributed by atoms with E-state index < -0.39 is 5.97 Å². The monoisotopic (exact) mass is 455 g/mol. The van der Waals surface area contributed by atoms with E-state index in [-0.39, 0.29) is 12.2 Å². The van der Waals surface area contributed by atoms with Gasteiger partial charge in [-0.3, -0.25) is 4.79 Å². The Bertz CT molecular complexity index is 1250. The summed E-state index contributed by atoms with van der Waals surface area (Å²) < 4.78 is 14.8. The second kappa shape index (κ2) is 8.99. The lowest BCUT2D eigenvalue weighted by Crippen LogP contribution is -2.07. The third kappa shape index (κ3) is 4.84. The van der Waals surface area contributed by atoms with Crippen LogP contribution in [0, 0.1) is 12.7 Å². The number of carbonyl (C=O) groups is 1. The van der Waals surface area contributed by atoms with E-state index in [1.54, 1.807) is 12.1 Å². The lowest BCUT2D eigenvalue weighted by molar-refractivity contribution is -0.136. The minimum Gasteiger partial charge on any atom is -0.481 e. The Balaban J connectivity index is 1.47. The van der Waals surface area contributed by atoms with Crippen LogP contribution in [0.15, 0.2) is 48.1 Å². The molecule has 0 amide bonds. The third-order valence-electron chi connectivity index (χ3n) is 4.99. The molecule has 0 radical (unpaired) electrons. The molecule has 2 aromatic carbocycles. The van der Waals surface area contributed by atoms with Crippen molar-refractivity contribution in [1.29, 1.82) is 0 Å². The molecular formula is C23H19ClFN3O2S. The first kappa shape index (κ1) is 21.2. The topological polar surface area (TPSA) is 75.1 Å². The zero-order chi connectivity index (χ0) is 22.0. The van der Waals surface area contributed by atoms with Crippen molar-refractivity contribution in [2.24, 2.45) is 0 Å². The number of nitrogens with zero attached hydrogens (tertiary/aromatic N) is 2. The molecule has 158 valence electrons. The molecule has 2 aromatic heterocycles. The average Bonchev–Trinajstić information content (AvgIpc) is 3.20. The van der Waals surface area contributed by atoms with Crippen LogP contribution in [0.2, 0.25) is 5.02 Å². The maximum atomic E-state index is 14.2. The molecule has 0 saturated heterocycles. The van der Waals surface area contributed by atoms with Gasteiger partial charge >= 0.3 is 5.97 Å². The molecule has 4 rings (SSSR count). The van der Waals surface area contributed by atoms with Crippen molar-refractivity contribution < 1.29 is 14.3 Å². The lowest BCUT2D eigenvalue weighted by atomic mass is 10.0. The third-order valence-corrected chi connectivity index (χ3v) is 6.27. The fraction of sp³-hybridized carbons (Fsp3) is 0.174. The number of hydrogen-bond donors (Lipinski definition) is 2. The Hall–Kier alpha value is -3.03. The van der Waals surface area contributed by atoms with Crippen molar-refractivity contribution in [2.45, 2.75) is 19.8 Å². The van der Waals surface area contributed by atoms with Gasteiger partial charge in [-0.2, -0.15) is 0 Å². The first-order chi connectivity index (χ1) is 14.9. The van der Waals surface area contributed by atoms with E-state index in [4.69, 9.17) is 16.7 Å². The van der Waals surface area contributed by atoms with E-state index in [2.05, 4.69) is 15.3 Å². The van der Waals surface area contributed by atoms with Crippen molar-refractivity contribution in [1.82, 2.24) is 9.97 Å². The standard InChI is InChI=1S/C23H19ClFN3O2S/c1-13-6-16(9-18(24)17(13)10-22(29)30)20-11-21(28-12-27-20)26-4-2-14-7-15-3-5-31-23(15)19(25)8-14/h3,5-9,11-12H,2,4,10H2,1H3,(H,29,30)(H,26,27,28). The van der Waals surface area contributed by atoms with Crippen LogP contribution in [0.5, 0.6) is 0 Å². The Morgan fingerprint density at radius 3 is 2.84 bits per heavy atom. The van der Waals surface area contributed by atoms with Crippen LogP contribution in [0.3, 0.4) is 0 Å². The highest BCUT2D eigenvalue weighted by atomic mass is 35.5. The van der Waals surface area contributed by atoms with Gasteiger partial charge in [-0.05, 0) is 65.1 Å². The zero-order valence-electron chi connectivity index (χ0n) is 16.7. The van der Waals surface area contributed by atoms with E-state index in [1.807, 2.05) is 36.6 Å². The van der Waals surface area contributed by atoms with Gasteiger partial charge in [-0.15, -0.1) is 11.3 Å². The number of rotatable bonds is 7. The second-order valence-electron chi connectivity index (χ2n) is 7.21. The number of aryl methyl sites for hydroxylation is 1. The van der Waals surface area contributed by atoms with Gasteiger partial charge in [0.15, 0.2) is 0 Å². The molecule has 4 aromatic rings. The summed E-state index contributed by atoms with van der Waals surface area (Å²) in [7, 11) is 0. The first-order valence-corrected chi connectivity index (χ1v) is 10.9. The molecule has 5 nitrogen and oxygen atoms in total. The van der Waals surface area contributed by atoms with E-state index in [0.29, 0.717) is 39.8 Å². The number of benzene rings is 2. The molecule has 0 aliphatic carbocycles. The largest absolute Gasteiger partial charge is 0.481 e. The summed E-state index contributed by atoms with van der Waals surface area (Å²) in [4.78, 5) is 19.6. The number of anilines is 1. The summed E-state index contributed by atoms with van der Waals surface area (Å²) >= 11 is 7.72. The number of fused-ring (bicyclic) bond motifs is 1. The fourth-order valence-electron chi connectivity index (χ4n) is 3.48. The Kier molecular flexibility index (Phi) is 6.15. The van der Waals surface area contributed by atoms with Crippen molar-refractivity contribution in [3.05, 3.63) is 75.6 Å². The minimum atomic E-state index is -0.927. The molecule has 0 spiro atoms. The smallest absolute Gasteiger partial charge is 0.307 e. The van der Waals surface area contributed by atoms with E-state index in [9.17, 15) is 9.18 Å². The van der Waals surface area contributed by atoms with Crippen molar-refractivity contribution in [2.75, 3.05) is 11.9 Å². The van der Waals surface area contributed by atoms with Crippen LogP contribution in [0.4, 0.5) is 10.2 Å². The molecule has 0 unspecified atom stereocenters. The Morgan fingerprint density at radius 1 is 1.23 bits per heavy atom. The molecule has 0 aliphatic heterocycles. The van der Waals surface area contributed by atoms with E-state index >= 15 is 0 Å². The number of nitrogens with one attached hydrogen (secondary N) is 1. The van der Waals surface area contributed by atoms with Gasteiger partial charge in [-0.1, -0.05) is 17.7 Å². The molecule has 0 fully saturated rings. The Labute approximate surface area is 187 Å². The molecule has 0 bridgehead atoms. The SMILES string of the molecule is Cc1cc(-c2cc(NCCc3cc(F)c4sccc4c3)ncn2)cc(Cl)c1CC(=O)O. The minimum absolute atomic E-state index is 0.126. The van der Waals surface area contributed by atoms with Crippen LogP contribution in [-0.2, 0) is 17.6 Å². The maximum Gasteiger partial charge on any atom is 0.307 e. The summed E-state index contributed by atoms with van der Waals surface area (Å²) in [5, 5.41) is 15.5. The van der Waals surface area contributed by atoms with Crippen molar-refractivity contribution >= 4 is 44.8 Å². The second-order valence-corrected chi connectivity index (χ2v) is 8.53. The molecule has 31 heavy (non-hydrogen) atoms. The summed E-state index contributed by atoms with van der Waals surface area (Å²) in [6.45, 7) is 2.42. The van der Waals surface area contributed by atoms with Crippen molar-refractivity contribution in [3.8, 4) is 11.3 Å². The van der Waals surface area contributed by atoms with Gasteiger partial charge in [-0.25, -0.2) is 14.4 Å². The lowest BCUT2D eigenvalue weighted by Gasteiger charge is -2.11. The summed E-state index contributed by atoms with van der Waals surface area (Å²) in [6, 6.07) is 10.9. The number of carboxylic acid groups (broad SMARTS) is 1. The van der Waals surface area contributed by atoms with Gasteiger partial charge in [0.25, 0.3) is 0 Å². The average molecular weight is 456 g/mol. The van der Waals surface area contributed by atoms with Gasteiger partial charge in [0.1, 0.15) is 18.0 Å². The predicted molar refractivity (Wildman–Crippen MR) is 123 cm³/mol. The normalized spacial score (nSPS) is 11.1. The van der Waals surface area contributed by atoms with Crippen LogP contribution in [0.1, 0.15) is 16.7 Å².